The van der Waals surface area contributed by atoms with Gasteiger partial charge in [-0.25, -0.2) is 0 Å². The zero-order valence-electron chi connectivity index (χ0n) is 11.7. The van der Waals surface area contributed by atoms with E-state index in [0.29, 0.717) is 18.7 Å². The Bertz CT molecular complexity index is 407. The van der Waals surface area contributed by atoms with Gasteiger partial charge in [-0.15, -0.1) is 0 Å². The lowest BCUT2D eigenvalue weighted by atomic mass is 10.1. The minimum Gasteiger partial charge on any atom is -0.381 e. The molecule has 4 heteroatoms. The second kappa shape index (κ2) is 9.10. The number of hydrogen-bond donors (Lipinski definition) is 1. The maximum atomic E-state index is 12.0. The van der Waals surface area contributed by atoms with Gasteiger partial charge in [0.25, 0.3) is 5.91 Å². The lowest BCUT2D eigenvalue weighted by Crippen LogP contribution is -2.25. The van der Waals surface area contributed by atoms with Crippen LogP contribution in [0.4, 0.5) is 0 Å². The third-order valence-electron chi connectivity index (χ3n) is 2.83. The Morgan fingerprint density at radius 3 is 2.79 bits per heavy atom. The summed E-state index contributed by atoms with van der Waals surface area (Å²) < 4.78 is 6.31. The van der Waals surface area contributed by atoms with Crippen LogP contribution in [0.25, 0.3) is 0 Å². The molecule has 0 aliphatic rings. The van der Waals surface area contributed by atoms with Crippen LogP contribution in [0.3, 0.4) is 0 Å². The predicted molar refractivity (Wildman–Crippen MR) is 81.6 cm³/mol. The summed E-state index contributed by atoms with van der Waals surface area (Å²) in [7, 11) is 0. The summed E-state index contributed by atoms with van der Waals surface area (Å²) in [6, 6.07) is 5.69. The number of nitrogens with one attached hydrogen (secondary N) is 1. The van der Waals surface area contributed by atoms with Gasteiger partial charge >= 0.3 is 0 Å². The van der Waals surface area contributed by atoms with Gasteiger partial charge < -0.3 is 10.1 Å². The highest BCUT2D eigenvalue weighted by Gasteiger charge is 2.10. The van der Waals surface area contributed by atoms with Crippen molar-refractivity contribution in [1.29, 1.82) is 0 Å². The molecule has 0 aromatic heterocycles. The number of hydrogen-bond acceptors (Lipinski definition) is 2. The summed E-state index contributed by atoms with van der Waals surface area (Å²) in [6.07, 6.45) is 3.10. The van der Waals surface area contributed by atoms with E-state index in [1.54, 1.807) is 0 Å². The van der Waals surface area contributed by atoms with E-state index in [-0.39, 0.29) is 5.91 Å². The van der Waals surface area contributed by atoms with Crippen LogP contribution in [-0.4, -0.2) is 25.7 Å². The maximum Gasteiger partial charge on any atom is 0.252 e. The van der Waals surface area contributed by atoms with Crippen molar-refractivity contribution in [3.05, 3.63) is 33.8 Å². The Morgan fingerprint density at radius 2 is 2.05 bits per heavy atom. The van der Waals surface area contributed by atoms with E-state index >= 15 is 0 Å². The van der Waals surface area contributed by atoms with Crippen LogP contribution >= 0.6 is 15.9 Å². The van der Waals surface area contributed by atoms with Crippen molar-refractivity contribution in [3.63, 3.8) is 0 Å². The van der Waals surface area contributed by atoms with E-state index in [0.717, 1.165) is 35.9 Å². The Hall–Kier alpha value is -0.870. The minimum absolute atomic E-state index is 0.0378. The van der Waals surface area contributed by atoms with E-state index in [4.69, 9.17) is 4.74 Å². The van der Waals surface area contributed by atoms with E-state index in [2.05, 4.69) is 28.2 Å². The third kappa shape index (κ3) is 5.74. The highest BCUT2D eigenvalue weighted by Crippen LogP contribution is 2.20. The molecule has 0 bridgehead atoms. The number of carbonyl (C=O) groups is 1. The molecule has 0 fully saturated rings. The zero-order chi connectivity index (χ0) is 14.1. The molecule has 1 rings (SSSR count). The number of rotatable bonds is 8. The normalized spacial score (nSPS) is 10.5. The highest BCUT2D eigenvalue weighted by atomic mass is 79.9. The molecule has 1 N–H and O–H groups in total. The van der Waals surface area contributed by atoms with Crippen molar-refractivity contribution in [3.8, 4) is 0 Å². The van der Waals surface area contributed by atoms with E-state index in [1.807, 2.05) is 25.1 Å². The molecule has 0 saturated heterocycles. The quantitative estimate of drug-likeness (QED) is 0.739. The molecule has 0 saturated carbocycles. The SMILES string of the molecule is CCCCOCCCNC(=O)c1cccc(C)c1Br. The van der Waals surface area contributed by atoms with Gasteiger partial charge in [-0.05, 0) is 47.3 Å². The largest absolute Gasteiger partial charge is 0.381 e. The number of unbranched alkanes of at least 4 members (excludes halogenated alkanes) is 1. The van der Waals surface area contributed by atoms with Crippen LogP contribution in [0, 0.1) is 6.92 Å². The van der Waals surface area contributed by atoms with Gasteiger partial charge in [0.1, 0.15) is 0 Å². The number of halogens is 1. The van der Waals surface area contributed by atoms with E-state index in [9.17, 15) is 4.79 Å². The smallest absolute Gasteiger partial charge is 0.252 e. The molecule has 0 aliphatic carbocycles. The number of benzene rings is 1. The van der Waals surface area contributed by atoms with Crippen molar-refractivity contribution in [2.45, 2.75) is 33.1 Å². The van der Waals surface area contributed by atoms with Crippen molar-refractivity contribution in [2.75, 3.05) is 19.8 Å². The monoisotopic (exact) mass is 327 g/mol. The molecule has 0 atom stereocenters. The molecular formula is C15H22BrNO2. The number of ether oxygens (including phenoxy) is 1. The Balaban J connectivity index is 2.26. The Kier molecular flexibility index (Phi) is 7.75. The minimum atomic E-state index is -0.0378. The topological polar surface area (TPSA) is 38.3 Å². The van der Waals surface area contributed by atoms with Gasteiger partial charge in [0, 0.05) is 24.2 Å². The second-order valence-corrected chi connectivity index (χ2v) is 5.30. The molecule has 0 radical (unpaired) electrons. The average Bonchev–Trinajstić information content (AvgIpc) is 2.40. The fraction of sp³-hybridized carbons (Fsp3) is 0.533. The van der Waals surface area contributed by atoms with Crippen molar-refractivity contribution < 1.29 is 9.53 Å². The number of aryl methyl sites for hydroxylation is 1. The zero-order valence-corrected chi connectivity index (χ0v) is 13.3. The fourth-order valence-electron chi connectivity index (χ4n) is 1.64. The molecule has 106 valence electrons. The summed E-state index contributed by atoms with van der Waals surface area (Å²) >= 11 is 3.45. The van der Waals surface area contributed by atoms with Gasteiger partial charge in [0.15, 0.2) is 0 Å². The van der Waals surface area contributed by atoms with Crippen LogP contribution in [0.2, 0.25) is 0 Å². The molecule has 0 aliphatic heterocycles. The highest BCUT2D eigenvalue weighted by molar-refractivity contribution is 9.10. The van der Waals surface area contributed by atoms with Crippen LogP contribution in [0.5, 0.6) is 0 Å². The number of carbonyl (C=O) groups excluding carboxylic acids is 1. The van der Waals surface area contributed by atoms with Gasteiger partial charge in [0.05, 0.1) is 5.56 Å². The predicted octanol–water partition coefficient (Wildman–Crippen LogP) is 3.69. The molecule has 1 aromatic carbocycles. The lowest BCUT2D eigenvalue weighted by molar-refractivity contribution is 0.0939. The van der Waals surface area contributed by atoms with Crippen LogP contribution < -0.4 is 5.32 Å². The first-order chi connectivity index (χ1) is 9.16. The summed E-state index contributed by atoms with van der Waals surface area (Å²) in [5.74, 6) is -0.0378. The van der Waals surface area contributed by atoms with Crippen molar-refractivity contribution in [1.82, 2.24) is 5.32 Å². The van der Waals surface area contributed by atoms with E-state index in [1.165, 1.54) is 0 Å². The molecular weight excluding hydrogens is 306 g/mol. The lowest BCUT2D eigenvalue weighted by Gasteiger charge is -2.08. The van der Waals surface area contributed by atoms with Crippen molar-refractivity contribution >= 4 is 21.8 Å². The molecule has 0 heterocycles. The Labute approximate surface area is 123 Å². The maximum absolute atomic E-state index is 12.0. The second-order valence-electron chi connectivity index (χ2n) is 4.51. The van der Waals surface area contributed by atoms with E-state index < -0.39 is 0 Å². The molecule has 0 spiro atoms. The summed E-state index contributed by atoms with van der Waals surface area (Å²) in [5, 5.41) is 2.91. The number of amides is 1. The van der Waals surface area contributed by atoms with Gasteiger partial charge in [-0.3, -0.25) is 4.79 Å². The molecule has 1 amide bonds. The molecule has 3 nitrogen and oxygen atoms in total. The van der Waals surface area contributed by atoms with Crippen LogP contribution in [-0.2, 0) is 4.74 Å². The first kappa shape index (κ1) is 16.2. The summed E-state index contributed by atoms with van der Waals surface area (Å²) in [5.41, 5.74) is 1.75. The standard InChI is InChI=1S/C15H22BrNO2/c1-3-4-10-19-11-6-9-17-15(18)13-8-5-7-12(2)14(13)16/h5,7-8H,3-4,6,9-11H2,1-2H3,(H,17,18). The van der Waals surface area contributed by atoms with Gasteiger partial charge in [0.2, 0.25) is 0 Å². The molecule has 1 aromatic rings. The van der Waals surface area contributed by atoms with Gasteiger partial charge in [-0.2, -0.15) is 0 Å². The first-order valence-corrected chi connectivity index (χ1v) is 7.57. The van der Waals surface area contributed by atoms with Crippen molar-refractivity contribution in [2.24, 2.45) is 0 Å². The van der Waals surface area contributed by atoms with Gasteiger partial charge in [-0.1, -0.05) is 25.5 Å². The van der Waals surface area contributed by atoms with Crippen LogP contribution in [0.1, 0.15) is 42.1 Å². The first-order valence-electron chi connectivity index (χ1n) is 6.78. The average molecular weight is 328 g/mol. The summed E-state index contributed by atoms with van der Waals surface area (Å²) in [4.78, 5) is 12.0. The fourth-order valence-corrected chi connectivity index (χ4v) is 2.09. The van der Waals surface area contributed by atoms with Crippen LogP contribution in [0.15, 0.2) is 22.7 Å². The third-order valence-corrected chi connectivity index (χ3v) is 3.88. The Morgan fingerprint density at radius 1 is 1.32 bits per heavy atom. The molecule has 0 unspecified atom stereocenters. The molecule has 19 heavy (non-hydrogen) atoms. The summed E-state index contributed by atoms with van der Waals surface area (Å²) in [6.45, 7) is 6.28.